The van der Waals surface area contributed by atoms with Gasteiger partial charge in [0.15, 0.2) is 0 Å². The number of anilines is 1. The molecule has 3 N–H and O–H groups in total. The van der Waals surface area contributed by atoms with Gasteiger partial charge in [0.25, 0.3) is 17.4 Å². The average Bonchev–Trinajstić information content (AvgIpc) is 2.95. The summed E-state index contributed by atoms with van der Waals surface area (Å²) in [6, 6.07) is 10.2. The van der Waals surface area contributed by atoms with Gasteiger partial charge in [0, 0.05) is 49.4 Å². The third kappa shape index (κ3) is 5.37. The highest BCUT2D eigenvalue weighted by Crippen LogP contribution is 2.25. The number of benzene rings is 1. The average molecular weight is 505 g/mol. The molecule has 0 saturated carbocycles. The molecule has 9 nitrogen and oxygen atoms in total. The van der Waals surface area contributed by atoms with Crippen molar-refractivity contribution in [2.45, 2.75) is 44.8 Å². The monoisotopic (exact) mass is 504 g/mol. The normalized spacial score (nSPS) is 15.5. The number of nitrogens with one attached hydrogen (secondary N) is 3. The molecule has 0 aliphatic carbocycles. The summed E-state index contributed by atoms with van der Waals surface area (Å²) in [5, 5.41) is 13.1. The Balaban J connectivity index is 1.26. The number of piperidine rings is 1. The largest absolute Gasteiger partial charge is 0.383 e. The summed E-state index contributed by atoms with van der Waals surface area (Å²) in [7, 11) is 0. The Bertz CT molecular complexity index is 1350. The number of hydrogen-bond acceptors (Lipinski definition) is 6. The zero-order valence-electron chi connectivity index (χ0n) is 20.4. The number of fused-ring (bicyclic) bond motifs is 1. The van der Waals surface area contributed by atoms with E-state index in [0.29, 0.717) is 66.9 Å². The van der Waals surface area contributed by atoms with E-state index in [2.05, 4.69) is 25.8 Å². The summed E-state index contributed by atoms with van der Waals surface area (Å²) in [6.45, 7) is 1.03. The molecule has 3 aromatic rings. The van der Waals surface area contributed by atoms with E-state index in [-0.39, 0.29) is 23.4 Å². The van der Waals surface area contributed by atoms with Crippen molar-refractivity contribution in [3.8, 4) is 0 Å². The lowest BCUT2D eigenvalue weighted by Gasteiger charge is -2.32. The van der Waals surface area contributed by atoms with E-state index >= 15 is 0 Å². The van der Waals surface area contributed by atoms with Crippen LogP contribution in [0.3, 0.4) is 0 Å². The highest BCUT2D eigenvalue weighted by molar-refractivity contribution is 5.96. The van der Waals surface area contributed by atoms with Crippen LogP contribution in [0.4, 0.5) is 10.1 Å². The second-order valence-corrected chi connectivity index (χ2v) is 9.44. The molecule has 2 aliphatic heterocycles. The van der Waals surface area contributed by atoms with Crippen molar-refractivity contribution in [1.29, 1.82) is 0 Å². The molecule has 0 bridgehead atoms. The number of hydrogen-bond donors (Lipinski definition) is 3. The maximum atomic E-state index is 13.8. The van der Waals surface area contributed by atoms with Crippen LogP contribution in [-0.2, 0) is 19.5 Å². The summed E-state index contributed by atoms with van der Waals surface area (Å²) >= 11 is 0. The van der Waals surface area contributed by atoms with Crippen LogP contribution in [0.1, 0.15) is 62.5 Å². The first-order valence-corrected chi connectivity index (χ1v) is 12.6. The fraction of sp³-hybridized carbons (Fsp3) is 0.370. The van der Waals surface area contributed by atoms with Crippen LogP contribution < -0.4 is 16.2 Å². The SMILES string of the molecule is O=C(NC1CCN(C(=O)c2ccccn2)CC1)c1cc(Cc2n[nH]c(=O)c3c2NCCC3)ccc1CF. The van der Waals surface area contributed by atoms with Crippen LogP contribution in [-0.4, -0.2) is 57.6 Å². The number of amides is 2. The van der Waals surface area contributed by atoms with E-state index in [0.717, 1.165) is 24.2 Å². The Morgan fingerprint density at radius 1 is 1.16 bits per heavy atom. The number of aromatic amines is 1. The lowest BCUT2D eigenvalue weighted by Crippen LogP contribution is -2.46. The second kappa shape index (κ2) is 10.9. The fourth-order valence-electron chi connectivity index (χ4n) is 4.98. The maximum absolute atomic E-state index is 13.8. The Kier molecular flexibility index (Phi) is 7.25. The number of carbonyl (C=O) groups is 2. The van der Waals surface area contributed by atoms with Gasteiger partial charge in [0.2, 0.25) is 0 Å². The topological polar surface area (TPSA) is 120 Å². The Labute approximate surface area is 213 Å². The second-order valence-electron chi connectivity index (χ2n) is 9.44. The molecule has 5 rings (SSSR count). The first-order valence-electron chi connectivity index (χ1n) is 12.6. The van der Waals surface area contributed by atoms with Crippen molar-refractivity contribution in [1.82, 2.24) is 25.4 Å². The quantitative estimate of drug-likeness (QED) is 0.475. The maximum Gasteiger partial charge on any atom is 0.272 e. The number of rotatable bonds is 6. The number of nitrogens with zero attached hydrogens (tertiary/aromatic N) is 3. The summed E-state index contributed by atoms with van der Waals surface area (Å²) in [5.41, 5.74) is 3.77. The molecule has 2 aliphatic rings. The first kappa shape index (κ1) is 24.6. The lowest BCUT2D eigenvalue weighted by molar-refractivity contribution is 0.0692. The van der Waals surface area contributed by atoms with E-state index in [1.54, 1.807) is 47.5 Å². The molecular weight excluding hydrogens is 475 g/mol. The molecule has 1 aromatic carbocycles. The predicted octanol–water partition coefficient (Wildman–Crippen LogP) is 2.62. The minimum absolute atomic E-state index is 0.117. The third-order valence-electron chi connectivity index (χ3n) is 7.00. The zero-order chi connectivity index (χ0) is 25.8. The van der Waals surface area contributed by atoms with Gasteiger partial charge >= 0.3 is 0 Å². The molecular formula is C27H29FN6O3. The van der Waals surface area contributed by atoms with Crippen molar-refractivity contribution >= 4 is 17.5 Å². The number of aromatic nitrogens is 3. The molecule has 10 heteroatoms. The van der Waals surface area contributed by atoms with Crippen molar-refractivity contribution < 1.29 is 14.0 Å². The van der Waals surface area contributed by atoms with Crippen LogP contribution >= 0.6 is 0 Å². The van der Waals surface area contributed by atoms with Gasteiger partial charge in [0.05, 0.1) is 11.4 Å². The molecule has 0 atom stereocenters. The summed E-state index contributed by atoms with van der Waals surface area (Å²) in [4.78, 5) is 43.8. The van der Waals surface area contributed by atoms with Crippen molar-refractivity contribution in [3.63, 3.8) is 0 Å². The molecule has 2 amide bonds. The third-order valence-corrected chi connectivity index (χ3v) is 7.00. The lowest BCUT2D eigenvalue weighted by atomic mass is 9.97. The minimum atomic E-state index is -0.756. The van der Waals surface area contributed by atoms with Crippen LogP contribution in [0.15, 0.2) is 47.4 Å². The van der Waals surface area contributed by atoms with Gasteiger partial charge in [-0.15, -0.1) is 0 Å². The Morgan fingerprint density at radius 2 is 2.00 bits per heavy atom. The number of H-pyrrole nitrogens is 1. The van der Waals surface area contributed by atoms with Crippen LogP contribution in [0.25, 0.3) is 0 Å². The standard InChI is InChI=1S/C27H29FN6O3/c28-16-18-7-6-17(15-23-24-20(4-3-11-30-24)26(36)33-32-23)14-21(18)25(35)31-19-8-12-34(13-9-19)27(37)22-5-1-2-10-29-22/h1-2,5-7,10,14,19,30H,3-4,8-9,11-13,15-16H2,(H,31,35)(H,33,36). The smallest absolute Gasteiger partial charge is 0.272 e. The highest BCUT2D eigenvalue weighted by atomic mass is 19.1. The van der Waals surface area contributed by atoms with Crippen molar-refractivity contribution in [2.75, 3.05) is 25.0 Å². The zero-order valence-corrected chi connectivity index (χ0v) is 20.4. The van der Waals surface area contributed by atoms with E-state index in [4.69, 9.17) is 0 Å². The van der Waals surface area contributed by atoms with E-state index in [1.807, 2.05) is 0 Å². The minimum Gasteiger partial charge on any atom is -0.383 e. The Morgan fingerprint density at radius 3 is 2.76 bits per heavy atom. The molecule has 0 spiro atoms. The number of likely N-dealkylation sites (tertiary alicyclic amines) is 1. The van der Waals surface area contributed by atoms with Gasteiger partial charge in [-0.1, -0.05) is 18.2 Å². The van der Waals surface area contributed by atoms with Gasteiger partial charge in [0.1, 0.15) is 12.4 Å². The number of halogens is 1. The van der Waals surface area contributed by atoms with Crippen LogP contribution in [0, 0.1) is 0 Å². The molecule has 0 unspecified atom stereocenters. The van der Waals surface area contributed by atoms with E-state index < -0.39 is 6.67 Å². The van der Waals surface area contributed by atoms with Crippen LogP contribution in [0.2, 0.25) is 0 Å². The molecule has 2 aromatic heterocycles. The van der Waals surface area contributed by atoms with Gasteiger partial charge in [-0.2, -0.15) is 5.10 Å². The summed E-state index contributed by atoms with van der Waals surface area (Å²) in [5.74, 6) is -0.455. The van der Waals surface area contributed by atoms with Crippen molar-refractivity contribution in [3.05, 3.63) is 86.6 Å². The van der Waals surface area contributed by atoms with Gasteiger partial charge < -0.3 is 15.5 Å². The molecule has 192 valence electrons. The van der Waals surface area contributed by atoms with Crippen molar-refractivity contribution in [2.24, 2.45) is 0 Å². The Hall–Kier alpha value is -4.08. The summed E-state index contributed by atoms with van der Waals surface area (Å²) in [6.07, 6.45) is 4.77. The van der Waals surface area contributed by atoms with Gasteiger partial charge in [-0.05, 0) is 55.0 Å². The predicted molar refractivity (Wildman–Crippen MR) is 136 cm³/mol. The molecule has 1 saturated heterocycles. The molecule has 4 heterocycles. The highest BCUT2D eigenvalue weighted by Gasteiger charge is 2.26. The van der Waals surface area contributed by atoms with Gasteiger partial charge in [-0.3, -0.25) is 19.4 Å². The molecule has 0 radical (unpaired) electrons. The van der Waals surface area contributed by atoms with Crippen LogP contribution in [0.5, 0.6) is 0 Å². The number of carbonyl (C=O) groups excluding carboxylic acids is 2. The summed E-state index contributed by atoms with van der Waals surface area (Å²) < 4.78 is 13.8. The number of pyridine rings is 1. The molecule has 1 fully saturated rings. The number of alkyl halides is 1. The molecule has 37 heavy (non-hydrogen) atoms. The fourth-order valence-corrected chi connectivity index (χ4v) is 4.98. The van der Waals surface area contributed by atoms with Gasteiger partial charge in [-0.25, -0.2) is 9.49 Å². The van der Waals surface area contributed by atoms with E-state index in [9.17, 15) is 18.8 Å². The first-order chi connectivity index (χ1) is 18.0. The van der Waals surface area contributed by atoms with E-state index in [1.165, 1.54) is 0 Å².